The number of nitrogens with zero attached hydrogens (tertiary/aromatic N) is 1. The van der Waals surface area contributed by atoms with Gasteiger partial charge in [-0.3, -0.25) is 4.79 Å². The van der Waals surface area contributed by atoms with Crippen LogP contribution in [0.1, 0.15) is 18.1 Å². The molecule has 0 saturated carbocycles. The van der Waals surface area contributed by atoms with Gasteiger partial charge in [-0.25, -0.2) is 0 Å². The number of hydrogen-bond acceptors (Lipinski definition) is 6. The van der Waals surface area contributed by atoms with Crippen molar-refractivity contribution < 1.29 is 24.1 Å². The summed E-state index contributed by atoms with van der Waals surface area (Å²) in [7, 11) is 1.22. The number of hydrogen-bond donors (Lipinski definition) is 1. The molecule has 0 amide bonds. The molecule has 1 aliphatic rings. The molecule has 6 nitrogen and oxygen atoms in total. The minimum atomic E-state index is -1.12. The summed E-state index contributed by atoms with van der Waals surface area (Å²) in [6, 6.07) is 6.75. The molecular weight excluding hydrogens is 250 g/mol. The van der Waals surface area contributed by atoms with E-state index in [2.05, 4.69) is 4.74 Å². The van der Waals surface area contributed by atoms with E-state index >= 15 is 0 Å². The van der Waals surface area contributed by atoms with Crippen LogP contribution in [0.4, 0.5) is 0 Å². The van der Waals surface area contributed by atoms with Crippen LogP contribution < -0.4 is 9.47 Å². The normalized spacial score (nSPS) is 15.4. The van der Waals surface area contributed by atoms with Crippen molar-refractivity contribution in [2.75, 3.05) is 13.9 Å². The van der Waals surface area contributed by atoms with Gasteiger partial charge in [-0.2, -0.15) is 5.26 Å². The van der Waals surface area contributed by atoms with E-state index in [1.807, 2.05) is 6.07 Å². The summed E-state index contributed by atoms with van der Waals surface area (Å²) >= 11 is 0. The molecule has 0 aromatic heterocycles. The second-order valence-electron chi connectivity index (χ2n) is 4.05. The van der Waals surface area contributed by atoms with Crippen LogP contribution in [0.5, 0.6) is 11.5 Å². The fourth-order valence-corrected chi connectivity index (χ4v) is 1.90. The molecule has 0 spiro atoms. The second kappa shape index (κ2) is 5.59. The fraction of sp³-hybridized carbons (Fsp3) is 0.385. The molecule has 0 aliphatic carbocycles. The maximum Gasteiger partial charge on any atom is 0.312 e. The lowest BCUT2D eigenvalue weighted by atomic mass is 9.93. The van der Waals surface area contributed by atoms with Gasteiger partial charge >= 0.3 is 5.97 Å². The number of nitriles is 1. The summed E-state index contributed by atoms with van der Waals surface area (Å²) in [5.41, 5.74) is 0.481. The summed E-state index contributed by atoms with van der Waals surface area (Å²) in [4.78, 5) is 11.6. The van der Waals surface area contributed by atoms with Crippen molar-refractivity contribution in [2.24, 2.45) is 5.92 Å². The molecule has 1 aromatic carbocycles. The van der Waals surface area contributed by atoms with Gasteiger partial charge in [-0.1, -0.05) is 6.07 Å². The molecule has 6 heteroatoms. The molecular formula is C13H13NO5. The summed E-state index contributed by atoms with van der Waals surface area (Å²) in [5.74, 6) is -0.440. The van der Waals surface area contributed by atoms with Crippen molar-refractivity contribution in [1.29, 1.82) is 5.26 Å². The fourth-order valence-electron chi connectivity index (χ4n) is 1.90. The molecule has 1 heterocycles. The molecule has 0 bridgehead atoms. The van der Waals surface area contributed by atoms with Gasteiger partial charge in [-0.05, 0) is 17.7 Å². The van der Waals surface area contributed by atoms with Gasteiger partial charge in [0, 0.05) is 0 Å². The summed E-state index contributed by atoms with van der Waals surface area (Å²) in [6.45, 7) is 0.132. The highest BCUT2D eigenvalue weighted by Gasteiger charge is 2.30. The van der Waals surface area contributed by atoms with Gasteiger partial charge in [0.2, 0.25) is 6.79 Å². The Morgan fingerprint density at radius 1 is 1.53 bits per heavy atom. The number of methoxy groups -OCH3 is 1. The lowest BCUT2D eigenvalue weighted by Crippen LogP contribution is -2.23. The van der Waals surface area contributed by atoms with Gasteiger partial charge in [-0.15, -0.1) is 0 Å². The standard InChI is InChI=1S/C13H13NO5/c1-17-13(16)9(4-5-14)12(15)8-2-3-10-11(6-8)19-7-18-10/h2-3,6,9,12,15H,4,7H2,1H3/t9-,12+/m0/s1. The van der Waals surface area contributed by atoms with Crippen LogP contribution in [-0.4, -0.2) is 25.0 Å². The van der Waals surface area contributed by atoms with E-state index in [0.717, 1.165) is 0 Å². The van der Waals surface area contributed by atoms with Gasteiger partial charge in [0.25, 0.3) is 0 Å². The summed E-state index contributed by atoms with van der Waals surface area (Å²) in [5, 5.41) is 18.9. The lowest BCUT2D eigenvalue weighted by molar-refractivity contribution is -0.149. The van der Waals surface area contributed by atoms with E-state index in [1.165, 1.54) is 7.11 Å². The highest BCUT2D eigenvalue weighted by atomic mass is 16.7. The first-order chi connectivity index (χ1) is 9.17. The quantitative estimate of drug-likeness (QED) is 0.820. The van der Waals surface area contributed by atoms with Gasteiger partial charge in [0.15, 0.2) is 11.5 Å². The Kier molecular flexibility index (Phi) is 3.88. The zero-order valence-corrected chi connectivity index (χ0v) is 10.3. The molecule has 2 atom stereocenters. The Morgan fingerprint density at radius 2 is 2.26 bits per heavy atom. The van der Waals surface area contributed by atoms with E-state index < -0.39 is 18.0 Å². The predicted octanol–water partition coefficient (Wildman–Crippen LogP) is 1.15. The molecule has 0 radical (unpaired) electrons. The van der Waals surface area contributed by atoms with Crippen molar-refractivity contribution in [2.45, 2.75) is 12.5 Å². The molecule has 0 fully saturated rings. The number of aliphatic hydroxyl groups is 1. The molecule has 1 N–H and O–H groups in total. The van der Waals surface area contributed by atoms with Crippen LogP contribution in [-0.2, 0) is 9.53 Å². The van der Waals surface area contributed by atoms with Crippen LogP contribution in [0.15, 0.2) is 18.2 Å². The number of fused-ring (bicyclic) bond motifs is 1. The van der Waals surface area contributed by atoms with Crippen LogP contribution in [0.25, 0.3) is 0 Å². The number of carbonyl (C=O) groups excluding carboxylic acids is 1. The molecule has 100 valence electrons. The number of carbonyl (C=O) groups is 1. The molecule has 0 unspecified atom stereocenters. The number of benzene rings is 1. The van der Waals surface area contributed by atoms with Crippen LogP contribution in [0.2, 0.25) is 0 Å². The average Bonchev–Trinajstić information content (AvgIpc) is 2.90. The molecule has 1 aliphatic heterocycles. The molecule has 0 saturated heterocycles. The smallest absolute Gasteiger partial charge is 0.312 e. The second-order valence-corrected chi connectivity index (χ2v) is 4.05. The first kappa shape index (κ1) is 13.2. The molecule has 1 aromatic rings. The lowest BCUT2D eigenvalue weighted by Gasteiger charge is -2.18. The van der Waals surface area contributed by atoms with Crippen LogP contribution >= 0.6 is 0 Å². The Labute approximate surface area is 110 Å². The largest absolute Gasteiger partial charge is 0.469 e. The Balaban J connectivity index is 2.24. The van der Waals surface area contributed by atoms with Crippen molar-refractivity contribution in [3.05, 3.63) is 23.8 Å². The van der Waals surface area contributed by atoms with Crippen LogP contribution in [0.3, 0.4) is 0 Å². The number of ether oxygens (including phenoxy) is 3. The van der Waals surface area contributed by atoms with Crippen molar-refractivity contribution in [3.8, 4) is 17.6 Å². The topological polar surface area (TPSA) is 88.8 Å². The molecule has 19 heavy (non-hydrogen) atoms. The van der Waals surface area contributed by atoms with Crippen molar-refractivity contribution in [3.63, 3.8) is 0 Å². The Bertz CT molecular complexity index is 522. The third-order valence-corrected chi connectivity index (χ3v) is 2.93. The predicted molar refractivity (Wildman–Crippen MR) is 63.3 cm³/mol. The monoisotopic (exact) mass is 263 g/mol. The minimum Gasteiger partial charge on any atom is -0.469 e. The van der Waals surface area contributed by atoms with Gasteiger partial charge in [0.05, 0.1) is 31.6 Å². The highest BCUT2D eigenvalue weighted by molar-refractivity contribution is 5.73. The van der Waals surface area contributed by atoms with E-state index in [0.29, 0.717) is 17.1 Å². The zero-order valence-electron chi connectivity index (χ0n) is 10.3. The summed E-state index contributed by atoms with van der Waals surface area (Å²) in [6.07, 6.45) is -1.25. The molecule has 2 rings (SSSR count). The van der Waals surface area contributed by atoms with E-state index in [1.54, 1.807) is 18.2 Å². The summed E-state index contributed by atoms with van der Waals surface area (Å²) < 4.78 is 15.0. The average molecular weight is 263 g/mol. The third-order valence-electron chi connectivity index (χ3n) is 2.93. The Hall–Kier alpha value is -2.26. The number of esters is 1. The van der Waals surface area contributed by atoms with E-state index in [-0.39, 0.29) is 13.2 Å². The maximum absolute atomic E-state index is 11.6. The van der Waals surface area contributed by atoms with Gasteiger partial charge in [0.1, 0.15) is 0 Å². The first-order valence-electron chi connectivity index (χ1n) is 5.69. The van der Waals surface area contributed by atoms with E-state index in [9.17, 15) is 9.90 Å². The zero-order chi connectivity index (χ0) is 13.8. The SMILES string of the molecule is COC(=O)[C@@H](CC#N)[C@H](O)c1ccc2c(c1)OCO2. The van der Waals surface area contributed by atoms with Crippen molar-refractivity contribution in [1.82, 2.24) is 0 Å². The number of rotatable bonds is 4. The Morgan fingerprint density at radius 3 is 2.95 bits per heavy atom. The minimum absolute atomic E-state index is 0.123. The van der Waals surface area contributed by atoms with Gasteiger partial charge < -0.3 is 19.3 Å². The number of aliphatic hydroxyl groups excluding tert-OH is 1. The third kappa shape index (κ3) is 2.61. The van der Waals surface area contributed by atoms with E-state index in [4.69, 9.17) is 14.7 Å². The van der Waals surface area contributed by atoms with Crippen molar-refractivity contribution >= 4 is 5.97 Å². The first-order valence-corrected chi connectivity index (χ1v) is 5.69. The maximum atomic E-state index is 11.6. The van der Waals surface area contributed by atoms with Crippen LogP contribution in [0, 0.1) is 17.2 Å². The highest BCUT2D eigenvalue weighted by Crippen LogP contribution is 2.36.